The Morgan fingerprint density at radius 3 is 1.77 bits per heavy atom. The number of pyridine rings is 1. The standard InChI is InChI=1S/C38H22N8O/c1-3-10-25(11-4-1)35-44-36(26-12-5-2-6-13-26)46-37(45-35)27-17-15-24(16-18-27)29-21-40-33-32-34(47-38(33)43-29)31(41-22-42-32)30-28-14-8-7-9-23(28)19-20-39-30/h1-22H. The average Bonchev–Trinajstić information content (AvgIpc) is 3.53. The van der Waals surface area contributed by atoms with E-state index in [-0.39, 0.29) is 0 Å². The van der Waals surface area contributed by atoms with E-state index in [0.29, 0.717) is 51.2 Å². The lowest BCUT2D eigenvalue weighted by Gasteiger charge is -2.09. The van der Waals surface area contributed by atoms with E-state index in [1.807, 2.05) is 115 Å². The van der Waals surface area contributed by atoms with Crippen molar-refractivity contribution in [2.75, 3.05) is 0 Å². The van der Waals surface area contributed by atoms with Crippen molar-refractivity contribution in [3.63, 3.8) is 0 Å². The summed E-state index contributed by atoms with van der Waals surface area (Å²) >= 11 is 0. The van der Waals surface area contributed by atoms with Crippen LogP contribution in [0.2, 0.25) is 0 Å². The van der Waals surface area contributed by atoms with Crippen LogP contribution in [0.5, 0.6) is 0 Å². The van der Waals surface area contributed by atoms with Gasteiger partial charge in [-0.1, -0.05) is 109 Å². The van der Waals surface area contributed by atoms with Crippen molar-refractivity contribution in [1.29, 1.82) is 0 Å². The second-order valence-corrected chi connectivity index (χ2v) is 10.9. The highest BCUT2D eigenvalue weighted by Gasteiger charge is 2.20. The molecular weight excluding hydrogens is 584 g/mol. The summed E-state index contributed by atoms with van der Waals surface area (Å²) in [6.07, 6.45) is 5.01. The van der Waals surface area contributed by atoms with Crippen molar-refractivity contribution >= 4 is 33.1 Å². The Kier molecular flexibility index (Phi) is 6.24. The Morgan fingerprint density at radius 1 is 0.447 bits per heavy atom. The molecule has 220 valence electrons. The van der Waals surface area contributed by atoms with Crippen LogP contribution in [-0.2, 0) is 0 Å². The zero-order chi connectivity index (χ0) is 31.2. The minimum atomic E-state index is 0.376. The molecule has 0 aliphatic carbocycles. The number of nitrogens with zero attached hydrogens (tertiary/aromatic N) is 8. The molecule has 9 nitrogen and oxygen atoms in total. The molecule has 0 radical (unpaired) electrons. The van der Waals surface area contributed by atoms with Crippen LogP contribution < -0.4 is 0 Å². The number of fused-ring (bicyclic) bond motifs is 4. The highest BCUT2D eigenvalue weighted by molar-refractivity contribution is 6.06. The maximum Gasteiger partial charge on any atom is 0.248 e. The Hall–Kier alpha value is -6.74. The van der Waals surface area contributed by atoms with Gasteiger partial charge < -0.3 is 4.42 Å². The first-order valence-corrected chi connectivity index (χ1v) is 15.0. The first kappa shape index (κ1) is 26.6. The van der Waals surface area contributed by atoms with Gasteiger partial charge in [0.25, 0.3) is 0 Å². The smallest absolute Gasteiger partial charge is 0.248 e. The molecule has 0 aliphatic rings. The quantitative estimate of drug-likeness (QED) is 0.191. The van der Waals surface area contributed by atoms with Crippen LogP contribution in [0.1, 0.15) is 0 Å². The van der Waals surface area contributed by atoms with Gasteiger partial charge in [0.05, 0.1) is 11.9 Å². The Balaban J connectivity index is 1.10. The molecule has 0 aliphatic heterocycles. The number of aromatic nitrogens is 8. The van der Waals surface area contributed by atoms with E-state index in [2.05, 4.69) is 15.0 Å². The van der Waals surface area contributed by atoms with Crippen LogP contribution >= 0.6 is 0 Å². The van der Waals surface area contributed by atoms with Crippen LogP contribution in [0, 0.1) is 0 Å². The lowest BCUT2D eigenvalue weighted by atomic mass is 10.1. The van der Waals surface area contributed by atoms with E-state index in [1.165, 1.54) is 6.33 Å². The van der Waals surface area contributed by atoms with Crippen molar-refractivity contribution < 1.29 is 4.42 Å². The summed E-state index contributed by atoms with van der Waals surface area (Å²) in [5, 5.41) is 2.04. The van der Waals surface area contributed by atoms with Crippen molar-refractivity contribution in [2.45, 2.75) is 0 Å². The largest absolute Gasteiger partial charge is 0.432 e. The summed E-state index contributed by atoms with van der Waals surface area (Å²) in [5.74, 6) is 1.80. The molecule has 0 amide bonds. The summed E-state index contributed by atoms with van der Waals surface area (Å²) in [6.45, 7) is 0. The van der Waals surface area contributed by atoms with Gasteiger partial charge in [0.1, 0.15) is 23.2 Å². The molecule has 9 rings (SSSR count). The molecular formula is C38H22N8O. The number of hydrogen-bond donors (Lipinski definition) is 0. The maximum atomic E-state index is 6.29. The maximum absolute atomic E-state index is 6.29. The van der Waals surface area contributed by atoms with Gasteiger partial charge in [-0.15, -0.1) is 0 Å². The van der Waals surface area contributed by atoms with Gasteiger partial charge in [0, 0.05) is 33.8 Å². The summed E-state index contributed by atoms with van der Waals surface area (Å²) in [7, 11) is 0. The van der Waals surface area contributed by atoms with Gasteiger partial charge in [-0.25, -0.2) is 34.9 Å². The third kappa shape index (κ3) is 4.74. The second-order valence-electron chi connectivity index (χ2n) is 10.9. The van der Waals surface area contributed by atoms with E-state index < -0.39 is 0 Å². The number of benzene rings is 4. The summed E-state index contributed by atoms with van der Waals surface area (Å²) in [6, 6.07) is 37.8. The molecule has 0 fully saturated rings. The van der Waals surface area contributed by atoms with Crippen LogP contribution in [-0.4, -0.2) is 39.9 Å². The van der Waals surface area contributed by atoms with E-state index in [9.17, 15) is 0 Å². The third-order valence-corrected chi connectivity index (χ3v) is 8.00. The molecule has 0 spiro atoms. The van der Waals surface area contributed by atoms with Gasteiger partial charge in [-0.2, -0.15) is 0 Å². The van der Waals surface area contributed by atoms with Crippen LogP contribution in [0.3, 0.4) is 0 Å². The average molecular weight is 607 g/mol. The predicted octanol–water partition coefficient (Wildman–Crippen LogP) is 8.23. The zero-order valence-electron chi connectivity index (χ0n) is 24.7. The Bertz CT molecular complexity index is 2510. The van der Waals surface area contributed by atoms with Crippen molar-refractivity contribution in [3.05, 3.63) is 134 Å². The minimum absolute atomic E-state index is 0.376. The molecule has 0 atom stereocenters. The Morgan fingerprint density at radius 2 is 1.06 bits per heavy atom. The predicted molar refractivity (Wildman–Crippen MR) is 181 cm³/mol. The molecule has 5 heterocycles. The SMILES string of the molecule is c1ccc(-c2nc(-c3ccccc3)nc(-c3ccc(-c4cnc5c(n4)oc4c(-c6nccc7ccccc67)ncnc45)cc3)n2)cc1. The molecule has 9 heteroatoms. The van der Waals surface area contributed by atoms with Crippen molar-refractivity contribution in [2.24, 2.45) is 0 Å². The fourth-order valence-electron chi connectivity index (χ4n) is 5.69. The van der Waals surface area contributed by atoms with E-state index in [1.54, 1.807) is 12.4 Å². The topological polar surface area (TPSA) is 116 Å². The monoisotopic (exact) mass is 606 g/mol. The van der Waals surface area contributed by atoms with Crippen LogP contribution in [0.4, 0.5) is 0 Å². The summed E-state index contributed by atoms with van der Waals surface area (Å²) in [5.41, 5.74) is 7.56. The molecule has 0 saturated carbocycles. The minimum Gasteiger partial charge on any atom is -0.432 e. The number of furan rings is 1. The molecule has 0 N–H and O–H groups in total. The molecule has 0 saturated heterocycles. The fourth-order valence-corrected chi connectivity index (χ4v) is 5.69. The Labute approximate surface area is 267 Å². The third-order valence-electron chi connectivity index (χ3n) is 8.00. The van der Waals surface area contributed by atoms with E-state index >= 15 is 0 Å². The highest BCUT2D eigenvalue weighted by Crippen LogP contribution is 2.34. The second kappa shape index (κ2) is 11.0. The van der Waals surface area contributed by atoms with Gasteiger partial charge >= 0.3 is 0 Å². The van der Waals surface area contributed by atoms with E-state index in [0.717, 1.165) is 38.7 Å². The molecule has 0 bridgehead atoms. The molecule has 5 aromatic heterocycles. The lowest BCUT2D eigenvalue weighted by molar-refractivity contribution is 0.652. The summed E-state index contributed by atoms with van der Waals surface area (Å²) in [4.78, 5) is 37.7. The van der Waals surface area contributed by atoms with E-state index in [4.69, 9.17) is 29.3 Å². The van der Waals surface area contributed by atoms with Crippen molar-refractivity contribution in [1.82, 2.24) is 39.9 Å². The van der Waals surface area contributed by atoms with Gasteiger partial charge in [0.2, 0.25) is 5.71 Å². The molecule has 47 heavy (non-hydrogen) atoms. The van der Waals surface area contributed by atoms with Crippen LogP contribution in [0.25, 0.3) is 89.9 Å². The first-order valence-electron chi connectivity index (χ1n) is 15.0. The molecule has 9 aromatic rings. The fraction of sp³-hybridized carbons (Fsp3) is 0. The number of hydrogen-bond acceptors (Lipinski definition) is 9. The number of rotatable bonds is 5. The van der Waals surface area contributed by atoms with Crippen LogP contribution in [0.15, 0.2) is 138 Å². The first-order chi connectivity index (χ1) is 23.3. The summed E-state index contributed by atoms with van der Waals surface area (Å²) < 4.78 is 6.29. The highest BCUT2D eigenvalue weighted by atomic mass is 16.3. The molecule has 0 unspecified atom stereocenters. The van der Waals surface area contributed by atoms with Crippen molar-refractivity contribution in [3.8, 4) is 56.8 Å². The normalized spacial score (nSPS) is 11.4. The van der Waals surface area contributed by atoms with Gasteiger partial charge in [0.15, 0.2) is 28.6 Å². The van der Waals surface area contributed by atoms with Gasteiger partial charge in [-0.05, 0) is 11.5 Å². The molecule has 4 aromatic carbocycles. The zero-order valence-corrected chi connectivity index (χ0v) is 24.7. The van der Waals surface area contributed by atoms with Gasteiger partial charge in [-0.3, -0.25) is 4.98 Å². The lowest BCUT2D eigenvalue weighted by Crippen LogP contribution is -2.00.